The number of hydrogen-bond acceptors (Lipinski definition) is 5. The van der Waals surface area contributed by atoms with Crippen LogP contribution in [0.4, 0.5) is 0 Å². The minimum atomic E-state index is -0.112. The number of hydrogen-bond donors (Lipinski definition) is 1. The van der Waals surface area contributed by atoms with E-state index in [-0.39, 0.29) is 11.8 Å². The van der Waals surface area contributed by atoms with Gasteiger partial charge in [-0.15, -0.1) is 0 Å². The zero-order chi connectivity index (χ0) is 17.6. The molecule has 0 unspecified atom stereocenters. The summed E-state index contributed by atoms with van der Waals surface area (Å²) in [5.41, 5.74) is 0. The van der Waals surface area contributed by atoms with Crippen LogP contribution in [0.15, 0.2) is 27.7 Å². The highest BCUT2D eigenvalue weighted by Crippen LogP contribution is 2.32. The van der Waals surface area contributed by atoms with Crippen molar-refractivity contribution in [1.29, 1.82) is 0 Å². The summed E-state index contributed by atoms with van der Waals surface area (Å²) in [5, 5.41) is 3.10. The molecule has 3 rings (SSSR count). The van der Waals surface area contributed by atoms with Gasteiger partial charge in [0.05, 0.1) is 11.2 Å². The van der Waals surface area contributed by atoms with E-state index in [1.807, 2.05) is 0 Å². The van der Waals surface area contributed by atoms with E-state index in [0.717, 1.165) is 12.8 Å². The highest BCUT2D eigenvalue weighted by molar-refractivity contribution is 8.26. The minimum absolute atomic E-state index is 0.0727. The van der Waals surface area contributed by atoms with Gasteiger partial charge in [0.2, 0.25) is 5.91 Å². The number of carbonyl (C=O) groups excluding carboxylic acids is 2. The molecule has 134 valence electrons. The number of furan rings is 1. The summed E-state index contributed by atoms with van der Waals surface area (Å²) < 4.78 is 5.78. The smallest absolute Gasteiger partial charge is 0.266 e. The van der Waals surface area contributed by atoms with Gasteiger partial charge in [-0.05, 0) is 31.4 Å². The predicted molar refractivity (Wildman–Crippen MR) is 103 cm³/mol. The highest BCUT2D eigenvalue weighted by atomic mass is 32.2. The van der Waals surface area contributed by atoms with Crippen molar-refractivity contribution in [3.8, 4) is 0 Å². The Morgan fingerprint density at radius 3 is 2.92 bits per heavy atom. The molecule has 1 aliphatic heterocycles. The van der Waals surface area contributed by atoms with E-state index in [2.05, 4.69) is 5.32 Å². The normalized spacial score (nSPS) is 20.5. The van der Waals surface area contributed by atoms with Crippen molar-refractivity contribution in [1.82, 2.24) is 10.2 Å². The highest BCUT2D eigenvalue weighted by Gasteiger charge is 2.31. The molecule has 1 aromatic heterocycles. The van der Waals surface area contributed by atoms with Crippen LogP contribution in [0.3, 0.4) is 0 Å². The fraction of sp³-hybridized carbons (Fsp3) is 0.500. The maximum atomic E-state index is 12.4. The maximum Gasteiger partial charge on any atom is 0.266 e. The molecule has 5 nitrogen and oxygen atoms in total. The standard InChI is InChI=1S/C18H22N2O3S2/c21-16(19-13-6-2-1-3-7-13)9-4-10-20-17(22)15(25-18(20)24)12-14-8-5-11-23-14/h5,8,11-13H,1-4,6-7,9-10H2,(H,19,21)/b15-12-. The summed E-state index contributed by atoms with van der Waals surface area (Å²) in [7, 11) is 0. The van der Waals surface area contributed by atoms with Crippen LogP contribution < -0.4 is 5.32 Å². The summed E-state index contributed by atoms with van der Waals surface area (Å²) in [4.78, 5) is 26.6. The van der Waals surface area contributed by atoms with Crippen LogP contribution in [0.1, 0.15) is 50.7 Å². The van der Waals surface area contributed by atoms with Gasteiger partial charge in [-0.2, -0.15) is 0 Å². The summed E-state index contributed by atoms with van der Waals surface area (Å²) >= 11 is 6.57. The molecule has 1 aromatic rings. The van der Waals surface area contributed by atoms with Crippen LogP contribution in [-0.2, 0) is 9.59 Å². The van der Waals surface area contributed by atoms with E-state index >= 15 is 0 Å². The molecule has 0 bridgehead atoms. The molecular formula is C18H22N2O3S2. The Balaban J connectivity index is 1.45. The van der Waals surface area contributed by atoms with Gasteiger partial charge in [-0.25, -0.2) is 0 Å². The Bertz CT molecular complexity index is 664. The van der Waals surface area contributed by atoms with Crippen molar-refractivity contribution in [3.05, 3.63) is 29.1 Å². The van der Waals surface area contributed by atoms with Crippen LogP contribution in [0.25, 0.3) is 6.08 Å². The van der Waals surface area contributed by atoms with Crippen molar-refractivity contribution in [2.75, 3.05) is 6.54 Å². The first-order valence-electron chi connectivity index (χ1n) is 8.72. The van der Waals surface area contributed by atoms with Crippen molar-refractivity contribution >= 4 is 46.2 Å². The van der Waals surface area contributed by atoms with E-state index in [0.29, 0.717) is 40.4 Å². The molecule has 1 saturated heterocycles. The van der Waals surface area contributed by atoms with Crippen LogP contribution in [0, 0.1) is 0 Å². The Labute approximate surface area is 157 Å². The average molecular weight is 379 g/mol. The largest absolute Gasteiger partial charge is 0.465 e. The molecule has 0 spiro atoms. The Hall–Kier alpha value is -1.60. The summed E-state index contributed by atoms with van der Waals surface area (Å²) in [5.74, 6) is 0.593. The van der Waals surface area contributed by atoms with Gasteiger partial charge in [0.25, 0.3) is 5.91 Å². The first-order valence-corrected chi connectivity index (χ1v) is 9.94. The van der Waals surface area contributed by atoms with Crippen LogP contribution in [-0.4, -0.2) is 33.6 Å². The lowest BCUT2D eigenvalue weighted by Crippen LogP contribution is -2.36. The molecule has 1 aliphatic carbocycles. The van der Waals surface area contributed by atoms with E-state index in [9.17, 15) is 9.59 Å². The molecule has 2 heterocycles. The molecule has 2 aliphatic rings. The molecule has 2 fully saturated rings. The van der Waals surface area contributed by atoms with Gasteiger partial charge in [0.15, 0.2) is 0 Å². The average Bonchev–Trinajstić information content (AvgIpc) is 3.19. The molecule has 7 heteroatoms. The van der Waals surface area contributed by atoms with Gasteiger partial charge in [0, 0.05) is 25.1 Å². The maximum absolute atomic E-state index is 12.4. The number of nitrogens with one attached hydrogen (secondary N) is 1. The minimum Gasteiger partial charge on any atom is -0.465 e. The number of thiocarbonyl (C=S) groups is 1. The van der Waals surface area contributed by atoms with Crippen LogP contribution in [0.5, 0.6) is 0 Å². The molecule has 1 N–H and O–H groups in total. The van der Waals surface area contributed by atoms with E-state index in [1.54, 1.807) is 29.4 Å². The van der Waals surface area contributed by atoms with E-state index in [4.69, 9.17) is 16.6 Å². The molecule has 0 aromatic carbocycles. The monoisotopic (exact) mass is 378 g/mol. The number of rotatable bonds is 6. The van der Waals surface area contributed by atoms with Gasteiger partial charge in [-0.1, -0.05) is 43.2 Å². The lowest BCUT2D eigenvalue weighted by Gasteiger charge is -2.23. The van der Waals surface area contributed by atoms with Gasteiger partial charge >= 0.3 is 0 Å². The van der Waals surface area contributed by atoms with E-state index < -0.39 is 0 Å². The molecular weight excluding hydrogens is 356 g/mol. The quantitative estimate of drug-likeness (QED) is 0.604. The Kier molecular flexibility index (Phi) is 6.31. The topological polar surface area (TPSA) is 62.6 Å². The SMILES string of the molecule is O=C(CCCN1C(=O)/C(=C/c2ccco2)SC1=S)NC1CCCCC1. The molecule has 0 radical (unpaired) electrons. The van der Waals surface area contributed by atoms with Crippen molar-refractivity contribution in [3.63, 3.8) is 0 Å². The van der Waals surface area contributed by atoms with Crippen molar-refractivity contribution < 1.29 is 14.0 Å². The van der Waals surface area contributed by atoms with Crippen LogP contribution in [0.2, 0.25) is 0 Å². The van der Waals surface area contributed by atoms with Crippen LogP contribution >= 0.6 is 24.0 Å². The predicted octanol–water partition coefficient (Wildman–Crippen LogP) is 3.71. The first kappa shape index (κ1) is 18.2. The summed E-state index contributed by atoms with van der Waals surface area (Å²) in [6, 6.07) is 3.90. The zero-order valence-corrected chi connectivity index (χ0v) is 15.7. The second-order valence-corrected chi connectivity index (χ2v) is 8.03. The van der Waals surface area contributed by atoms with Crippen molar-refractivity contribution in [2.45, 2.75) is 51.0 Å². The second-order valence-electron chi connectivity index (χ2n) is 6.35. The van der Waals surface area contributed by atoms with Gasteiger partial charge < -0.3 is 9.73 Å². The second kappa shape index (κ2) is 8.67. The Morgan fingerprint density at radius 1 is 1.40 bits per heavy atom. The molecule has 2 amide bonds. The first-order chi connectivity index (χ1) is 12.1. The summed E-state index contributed by atoms with van der Waals surface area (Å²) in [6.45, 7) is 0.470. The number of amides is 2. The molecule has 1 saturated carbocycles. The fourth-order valence-corrected chi connectivity index (χ4v) is 4.43. The third-order valence-corrected chi connectivity index (χ3v) is 5.82. The fourth-order valence-electron chi connectivity index (χ4n) is 3.14. The van der Waals surface area contributed by atoms with Gasteiger partial charge in [0.1, 0.15) is 10.1 Å². The Morgan fingerprint density at radius 2 is 2.20 bits per heavy atom. The third-order valence-electron chi connectivity index (χ3n) is 4.45. The van der Waals surface area contributed by atoms with Gasteiger partial charge in [-0.3, -0.25) is 14.5 Å². The molecule has 0 atom stereocenters. The summed E-state index contributed by atoms with van der Waals surface area (Å²) in [6.07, 6.45) is 10.1. The van der Waals surface area contributed by atoms with E-state index in [1.165, 1.54) is 31.0 Å². The number of thioether (sulfide) groups is 1. The lowest BCUT2D eigenvalue weighted by molar-refractivity contribution is -0.124. The number of nitrogens with zero attached hydrogens (tertiary/aromatic N) is 1. The third kappa shape index (κ3) is 4.95. The van der Waals surface area contributed by atoms with Crippen molar-refractivity contribution in [2.24, 2.45) is 0 Å². The zero-order valence-electron chi connectivity index (χ0n) is 14.0. The lowest BCUT2D eigenvalue weighted by atomic mass is 9.95. The molecule has 25 heavy (non-hydrogen) atoms. The number of carbonyl (C=O) groups is 2.